The van der Waals surface area contributed by atoms with Crippen molar-refractivity contribution in [3.63, 3.8) is 0 Å². The third-order valence-electron chi connectivity index (χ3n) is 4.09. The van der Waals surface area contributed by atoms with Crippen molar-refractivity contribution >= 4 is 10.2 Å². The summed E-state index contributed by atoms with van der Waals surface area (Å²) >= 11 is 0. The van der Waals surface area contributed by atoms with E-state index in [9.17, 15) is 8.42 Å². The molecule has 0 amide bonds. The van der Waals surface area contributed by atoms with Crippen LogP contribution in [0, 0.1) is 0 Å². The smallest absolute Gasteiger partial charge is 0.279 e. The highest BCUT2D eigenvalue weighted by Gasteiger charge is 2.30. The Morgan fingerprint density at radius 3 is 2.64 bits per heavy atom. The molecule has 3 rings (SSSR count). The van der Waals surface area contributed by atoms with Gasteiger partial charge in [0, 0.05) is 32.7 Å². The molecule has 1 saturated heterocycles. The first-order chi connectivity index (χ1) is 10.4. The van der Waals surface area contributed by atoms with Crippen LogP contribution >= 0.6 is 0 Å². The summed E-state index contributed by atoms with van der Waals surface area (Å²) in [5, 5.41) is 3.29. The third-order valence-corrected chi connectivity index (χ3v) is 5.57. The van der Waals surface area contributed by atoms with Gasteiger partial charge in [0.2, 0.25) is 0 Å². The fraction of sp³-hybridized carbons (Fsp3) is 0.600. The second-order valence-corrected chi connectivity index (χ2v) is 7.86. The van der Waals surface area contributed by atoms with Crippen molar-refractivity contribution in [2.75, 3.05) is 13.1 Å². The third kappa shape index (κ3) is 3.49. The van der Waals surface area contributed by atoms with E-state index in [0.717, 1.165) is 18.7 Å². The first-order valence-electron chi connectivity index (χ1n) is 7.65. The molecule has 1 aromatic rings. The van der Waals surface area contributed by atoms with Gasteiger partial charge < -0.3 is 10.1 Å². The van der Waals surface area contributed by atoms with Crippen molar-refractivity contribution in [2.24, 2.45) is 0 Å². The Hall–Kier alpha value is -0.990. The Morgan fingerprint density at radius 1 is 1.23 bits per heavy atom. The van der Waals surface area contributed by atoms with Crippen LogP contribution in [-0.2, 0) is 34.6 Å². The molecule has 1 aromatic carbocycles. The summed E-state index contributed by atoms with van der Waals surface area (Å²) in [6.45, 7) is 6.65. The molecule has 2 aliphatic rings. The zero-order valence-corrected chi connectivity index (χ0v) is 13.8. The highest BCUT2D eigenvalue weighted by molar-refractivity contribution is 7.87. The molecule has 1 fully saturated rings. The summed E-state index contributed by atoms with van der Waals surface area (Å²) in [4.78, 5) is 0. The van der Waals surface area contributed by atoms with Gasteiger partial charge in [-0.25, -0.2) is 0 Å². The van der Waals surface area contributed by atoms with E-state index in [1.54, 1.807) is 0 Å². The van der Waals surface area contributed by atoms with Crippen LogP contribution in [0.2, 0.25) is 0 Å². The van der Waals surface area contributed by atoms with E-state index in [4.69, 9.17) is 4.74 Å². The van der Waals surface area contributed by atoms with Gasteiger partial charge in [-0.1, -0.05) is 18.2 Å². The van der Waals surface area contributed by atoms with Gasteiger partial charge in [0.1, 0.15) is 0 Å². The minimum atomic E-state index is -3.47. The summed E-state index contributed by atoms with van der Waals surface area (Å²) in [6, 6.07) is 6.12. The lowest BCUT2D eigenvalue weighted by atomic mass is 10.1. The maximum atomic E-state index is 12.4. The fourth-order valence-corrected chi connectivity index (χ4v) is 4.39. The monoisotopic (exact) mass is 325 g/mol. The Balaban J connectivity index is 1.64. The highest BCUT2D eigenvalue weighted by atomic mass is 32.2. The zero-order valence-electron chi connectivity index (χ0n) is 13.0. The minimum Gasteiger partial charge on any atom is -0.373 e. The Bertz CT molecular complexity index is 637. The Labute approximate surface area is 132 Å². The van der Waals surface area contributed by atoms with Crippen molar-refractivity contribution in [3.8, 4) is 0 Å². The molecule has 2 heterocycles. The van der Waals surface area contributed by atoms with E-state index in [1.165, 1.54) is 15.4 Å². The molecule has 7 heteroatoms. The van der Waals surface area contributed by atoms with Crippen LogP contribution in [0.15, 0.2) is 18.2 Å². The molecule has 0 spiro atoms. The van der Waals surface area contributed by atoms with E-state index >= 15 is 0 Å². The second-order valence-electron chi connectivity index (χ2n) is 6.11. The van der Waals surface area contributed by atoms with Crippen LogP contribution in [0.4, 0.5) is 0 Å². The van der Waals surface area contributed by atoms with Gasteiger partial charge in [-0.05, 0) is 30.5 Å². The van der Waals surface area contributed by atoms with E-state index in [-0.39, 0.29) is 12.2 Å². The molecule has 122 valence electrons. The molecule has 2 N–H and O–H groups in total. The topological polar surface area (TPSA) is 70.7 Å². The number of morpholine rings is 1. The van der Waals surface area contributed by atoms with Crippen LogP contribution in [0.25, 0.3) is 0 Å². The molecular formula is C15H23N3O3S. The SMILES string of the molecule is CC1CN(S(=O)(=O)NCc2ccc3c(c2)CNC3)CC(C)O1. The van der Waals surface area contributed by atoms with Gasteiger partial charge in [0.25, 0.3) is 10.2 Å². The average molecular weight is 325 g/mol. The van der Waals surface area contributed by atoms with E-state index in [2.05, 4.69) is 22.2 Å². The normalized spacial score (nSPS) is 26.1. The Morgan fingerprint density at radius 2 is 1.91 bits per heavy atom. The lowest BCUT2D eigenvalue weighted by molar-refractivity contribution is -0.0444. The number of ether oxygens (including phenoxy) is 1. The minimum absolute atomic E-state index is 0.0774. The summed E-state index contributed by atoms with van der Waals surface area (Å²) in [6.07, 6.45) is -0.155. The summed E-state index contributed by atoms with van der Waals surface area (Å²) in [5.74, 6) is 0. The Kier molecular flexibility index (Phi) is 4.52. The predicted molar refractivity (Wildman–Crippen MR) is 84.3 cm³/mol. The van der Waals surface area contributed by atoms with Crippen LogP contribution < -0.4 is 10.0 Å². The molecule has 2 atom stereocenters. The van der Waals surface area contributed by atoms with Gasteiger partial charge >= 0.3 is 0 Å². The number of nitrogens with one attached hydrogen (secondary N) is 2. The molecule has 0 bridgehead atoms. The average Bonchev–Trinajstić information content (AvgIpc) is 2.91. The number of hydrogen-bond acceptors (Lipinski definition) is 4. The van der Waals surface area contributed by atoms with Crippen molar-refractivity contribution in [2.45, 2.75) is 45.7 Å². The van der Waals surface area contributed by atoms with Crippen LogP contribution in [-0.4, -0.2) is 38.0 Å². The molecule has 6 nitrogen and oxygen atoms in total. The van der Waals surface area contributed by atoms with E-state index in [1.807, 2.05) is 19.9 Å². The van der Waals surface area contributed by atoms with Crippen LogP contribution in [0.3, 0.4) is 0 Å². The predicted octanol–water partition coefficient (Wildman–Crippen LogP) is 0.733. The summed E-state index contributed by atoms with van der Waals surface area (Å²) in [7, 11) is -3.47. The number of benzene rings is 1. The quantitative estimate of drug-likeness (QED) is 0.856. The number of hydrogen-bond donors (Lipinski definition) is 2. The maximum absolute atomic E-state index is 12.4. The molecule has 0 aromatic heterocycles. The number of nitrogens with zero attached hydrogens (tertiary/aromatic N) is 1. The van der Waals surface area contributed by atoms with E-state index < -0.39 is 10.2 Å². The first-order valence-corrected chi connectivity index (χ1v) is 9.09. The summed E-state index contributed by atoms with van der Waals surface area (Å²) in [5.41, 5.74) is 3.54. The number of rotatable bonds is 4. The molecule has 22 heavy (non-hydrogen) atoms. The molecule has 2 unspecified atom stereocenters. The second kappa shape index (κ2) is 6.25. The van der Waals surface area contributed by atoms with Gasteiger partial charge in [-0.15, -0.1) is 0 Å². The maximum Gasteiger partial charge on any atom is 0.279 e. The largest absolute Gasteiger partial charge is 0.373 e. The molecule has 0 aliphatic carbocycles. The number of fused-ring (bicyclic) bond motifs is 1. The molecule has 0 radical (unpaired) electrons. The lowest BCUT2D eigenvalue weighted by Crippen LogP contribution is -2.51. The molecular weight excluding hydrogens is 302 g/mol. The first kappa shape index (κ1) is 15.9. The summed E-state index contributed by atoms with van der Waals surface area (Å²) < 4.78 is 34.6. The molecule has 0 saturated carbocycles. The van der Waals surface area contributed by atoms with Gasteiger partial charge in [0.05, 0.1) is 12.2 Å². The van der Waals surface area contributed by atoms with Gasteiger partial charge in [-0.2, -0.15) is 17.4 Å². The van der Waals surface area contributed by atoms with Gasteiger partial charge in [0.15, 0.2) is 0 Å². The van der Waals surface area contributed by atoms with Crippen molar-refractivity contribution in [1.82, 2.24) is 14.3 Å². The fourth-order valence-electron chi connectivity index (χ4n) is 3.05. The lowest BCUT2D eigenvalue weighted by Gasteiger charge is -2.34. The van der Waals surface area contributed by atoms with Gasteiger partial charge in [-0.3, -0.25) is 0 Å². The van der Waals surface area contributed by atoms with E-state index in [0.29, 0.717) is 19.6 Å². The zero-order chi connectivity index (χ0) is 15.7. The highest BCUT2D eigenvalue weighted by Crippen LogP contribution is 2.18. The molecule has 2 aliphatic heterocycles. The van der Waals surface area contributed by atoms with Crippen LogP contribution in [0.1, 0.15) is 30.5 Å². The van der Waals surface area contributed by atoms with Crippen molar-refractivity contribution in [3.05, 3.63) is 34.9 Å². The van der Waals surface area contributed by atoms with Crippen LogP contribution in [0.5, 0.6) is 0 Å². The van der Waals surface area contributed by atoms with Crippen molar-refractivity contribution in [1.29, 1.82) is 0 Å². The van der Waals surface area contributed by atoms with Crippen molar-refractivity contribution < 1.29 is 13.2 Å². The standard InChI is InChI=1S/C15H23N3O3S/c1-11-9-18(10-12(2)21-11)22(19,20)17-6-13-3-4-14-7-16-8-15(14)5-13/h3-5,11-12,16-17H,6-10H2,1-2H3.